The zero-order valence-corrected chi connectivity index (χ0v) is 71.7. The zero-order chi connectivity index (χ0) is 83.1. The number of unbranched alkanes of at least 4 members (excludes halogenated alkanes) is 10. The van der Waals surface area contributed by atoms with Gasteiger partial charge >= 0.3 is 39.5 Å². The van der Waals surface area contributed by atoms with Gasteiger partial charge in [0, 0.05) is 25.7 Å². The first-order chi connectivity index (χ1) is 55.7. The number of carbonyl (C=O) groups is 4. The van der Waals surface area contributed by atoms with Crippen LogP contribution in [0.15, 0.2) is 243 Å². The summed E-state index contributed by atoms with van der Waals surface area (Å²) < 4.78 is 68.5. The van der Waals surface area contributed by atoms with Crippen molar-refractivity contribution >= 4 is 39.5 Å². The van der Waals surface area contributed by atoms with E-state index in [9.17, 15) is 43.2 Å². The van der Waals surface area contributed by atoms with Crippen molar-refractivity contribution in [3.63, 3.8) is 0 Å². The number of hydrogen-bond acceptors (Lipinski definition) is 15. The van der Waals surface area contributed by atoms with E-state index >= 15 is 0 Å². The molecule has 0 aliphatic rings. The molecule has 3 N–H and O–H groups in total. The molecule has 0 bridgehead atoms. The summed E-state index contributed by atoms with van der Waals surface area (Å²) in [6.07, 6.45) is 110. The Kier molecular flexibility index (Phi) is 78.5. The second kappa shape index (κ2) is 83.8. The van der Waals surface area contributed by atoms with Gasteiger partial charge < -0.3 is 33.8 Å². The predicted octanol–water partition coefficient (Wildman–Crippen LogP) is 25.6. The molecular formula is C95H146O17P2. The molecule has 0 spiro atoms. The highest BCUT2D eigenvalue weighted by molar-refractivity contribution is 7.47. The summed E-state index contributed by atoms with van der Waals surface area (Å²) in [5, 5.41) is 10.7. The third kappa shape index (κ3) is 82.8. The van der Waals surface area contributed by atoms with Crippen LogP contribution in [0.5, 0.6) is 0 Å². The number of ether oxygens (including phenoxy) is 4. The number of allylic oxidation sites excluding steroid dienone is 40. The average Bonchev–Trinajstić information content (AvgIpc) is 0.899. The number of phosphoric ester groups is 2. The highest BCUT2D eigenvalue weighted by Crippen LogP contribution is 2.45. The monoisotopic (exact) mass is 1620 g/mol. The van der Waals surface area contributed by atoms with Crippen LogP contribution in [0.2, 0.25) is 0 Å². The summed E-state index contributed by atoms with van der Waals surface area (Å²) in [5.41, 5.74) is 0. The summed E-state index contributed by atoms with van der Waals surface area (Å²) in [5.74, 6) is -2.51. The lowest BCUT2D eigenvalue weighted by Crippen LogP contribution is -2.30. The van der Waals surface area contributed by atoms with Crippen LogP contribution in [0, 0.1) is 0 Å². The number of aliphatic hydroxyl groups excluding tert-OH is 1. The second-order valence-electron chi connectivity index (χ2n) is 26.9. The molecule has 0 aromatic carbocycles. The molecule has 0 saturated carbocycles. The maximum absolute atomic E-state index is 13.1. The highest BCUT2D eigenvalue weighted by Gasteiger charge is 2.30. The molecule has 0 aromatic rings. The molecular weight excluding hydrogens is 1470 g/mol. The van der Waals surface area contributed by atoms with Crippen molar-refractivity contribution in [2.45, 2.75) is 290 Å². The Bertz CT molecular complexity index is 3120. The molecule has 0 aliphatic heterocycles. The van der Waals surface area contributed by atoms with Crippen molar-refractivity contribution in [3.05, 3.63) is 243 Å². The molecule has 0 fully saturated rings. The van der Waals surface area contributed by atoms with Gasteiger partial charge in [0.25, 0.3) is 0 Å². The molecule has 0 amide bonds. The standard InChI is InChI=1S/C95H146O17P2/c1-5-9-13-17-21-25-29-33-37-41-44-48-51-55-59-63-67-71-75-79-92(97)105-85-90(111-94(99)81-77-73-69-65-61-57-53-47-40-36-32-28-24-20-16-12-8-4)87-109-113(101,102)107-83-89(96)84-108-114(103,104)110-88-91(112-95(100)82-78-74-70-66-62-58-54-50-46-43-39-35-31-27-23-19-15-11-7-3)86-106-93(98)80-76-72-68-64-60-56-52-49-45-42-38-34-30-26-22-18-14-10-6-2/h10-11,14-15,21-28,33-40,44-46,48-50,53,55-60,62,65,67-69,71-72,89-91,96H,5-9,12-13,16-20,29-32,41-43,47,51-52,54,61,63-64,66,70,73-88H2,1-4H3,(H,101,102)(H,103,104)/b14-10-,15-11-,25-21-,26-22-,27-23-,28-24-,37-33-,38-34-,39-35-,40-36-,48-44-,49-45-,50-46-,57-53-,59-55-,60-56-,62-58-,69-65-,71-67-,72-68-/t89-,90+,91+/m0/s1. The van der Waals surface area contributed by atoms with Crippen LogP contribution in [0.1, 0.15) is 272 Å². The van der Waals surface area contributed by atoms with Gasteiger partial charge in [-0.15, -0.1) is 0 Å². The number of rotatable bonds is 76. The Balaban J connectivity index is 5.64. The number of aliphatic hydroxyl groups is 1. The molecule has 0 aliphatic carbocycles. The van der Waals surface area contributed by atoms with Gasteiger partial charge in [-0.25, -0.2) is 9.13 Å². The molecule has 19 heteroatoms. The smallest absolute Gasteiger partial charge is 0.462 e. The molecule has 0 heterocycles. The number of carbonyl (C=O) groups excluding carboxylic acids is 4. The number of hydrogen-bond donors (Lipinski definition) is 3. The Morgan fingerprint density at radius 2 is 0.482 bits per heavy atom. The van der Waals surface area contributed by atoms with Crippen LogP contribution in [0.3, 0.4) is 0 Å². The average molecular weight is 1620 g/mol. The van der Waals surface area contributed by atoms with Gasteiger partial charge in [-0.05, 0) is 186 Å². The van der Waals surface area contributed by atoms with E-state index in [-0.39, 0.29) is 25.7 Å². The van der Waals surface area contributed by atoms with Gasteiger partial charge in [-0.3, -0.25) is 37.3 Å². The molecule has 0 rings (SSSR count). The van der Waals surface area contributed by atoms with Crippen LogP contribution >= 0.6 is 15.6 Å². The Morgan fingerprint density at radius 3 is 0.754 bits per heavy atom. The van der Waals surface area contributed by atoms with Gasteiger partial charge in [0.1, 0.15) is 19.3 Å². The summed E-state index contributed by atoms with van der Waals surface area (Å²) in [6, 6.07) is 0. The van der Waals surface area contributed by atoms with Gasteiger partial charge in [-0.1, -0.05) is 303 Å². The number of phosphoric acid groups is 2. The largest absolute Gasteiger partial charge is 0.472 e. The maximum atomic E-state index is 13.1. The van der Waals surface area contributed by atoms with Gasteiger partial charge in [0.05, 0.1) is 26.4 Å². The third-order valence-electron chi connectivity index (χ3n) is 16.3. The Labute approximate surface area is 688 Å². The lowest BCUT2D eigenvalue weighted by molar-refractivity contribution is -0.161. The van der Waals surface area contributed by atoms with E-state index in [1.54, 1.807) is 0 Å². The first-order valence-electron chi connectivity index (χ1n) is 42.3. The Morgan fingerprint density at radius 1 is 0.254 bits per heavy atom. The van der Waals surface area contributed by atoms with Crippen molar-refractivity contribution in [1.82, 2.24) is 0 Å². The summed E-state index contributed by atoms with van der Waals surface area (Å²) >= 11 is 0. The van der Waals surface area contributed by atoms with Crippen LogP contribution in [0.4, 0.5) is 0 Å². The third-order valence-corrected chi connectivity index (χ3v) is 18.2. The van der Waals surface area contributed by atoms with E-state index < -0.39 is 97.5 Å². The second-order valence-corrected chi connectivity index (χ2v) is 29.8. The van der Waals surface area contributed by atoms with Crippen molar-refractivity contribution in [2.75, 3.05) is 39.6 Å². The van der Waals surface area contributed by atoms with E-state index in [2.05, 4.69) is 222 Å². The molecule has 0 aromatic heterocycles. The van der Waals surface area contributed by atoms with Crippen LogP contribution in [0.25, 0.3) is 0 Å². The zero-order valence-electron chi connectivity index (χ0n) is 69.9. The maximum Gasteiger partial charge on any atom is 0.472 e. The van der Waals surface area contributed by atoms with E-state index in [1.165, 1.54) is 38.5 Å². The molecule has 17 nitrogen and oxygen atoms in total. The number of esters is 4. The normalized spacial score (nSPS) is 15.0. The fourth-order valence-electron chi connectivity index (χ4n) is 9.95. The summed E-state index contributed by atoms with van der Waals surface area (Å²) in [4.78, 5) is 73.2. The topological polar surface area (TPSA) is 237 Å². The molecule has 0 saturated heterocycles. The minimum atomic E-state index is -5.04. The molecule has 2 unspecified atom stereocenters. The summed E-state index contributed by atoms with van der Waals surface area (Å²) in [6.45, 7) is 4.28. The van der Waals surface area contributed by atoms with Crippen molar-refractivity contribution in [2.24, 2.45) is 0 Å². The SMILES string of the molecule is CC/C=C\C/C=C\C/C=C\C/C=C\C/C=C\C/C=C\CCC(=O)OC[C@H](COP(=O)(O)OC[C@@H](O)COP(=O)(O)OC[C@@H](COC(=O)CC/C=C\C/C=C\C/C=C\C/C=C\C/C=C\CCCCC)OC(=O)CCC/C=C\C/C=C\C/C=C\C/C=C\CCCCC)OC(=O)CCCCC/C=C\C/C=C\C/C=C\C/C=C\C/C=C\CC. The Hall–Kier alpha value is -7.14. The fraction of sp³-hybridized carbons (Fsp3) is 0.537. The molecule has 638 valence electrons. The van der Waals surface area contributed by atoms with Crippen molar-refractivity contribution < 1.29 is 80.2 Å². The highest BCUT2D eigenvalue weighted by atomic mass is 31.2. The molecule has 0 radical (unpaired) electrons. The van der Waals surface area contributed by atoms with Crippen molar-refractivity contribution in [3.8, 4) is 0 Å². The van der Waals surface area contributed by atoms with E-state index in [1.807, 2.05) is 48.6 Å². The first kappa shape index (κ1) is 107. The van der Waals surface area contributed by atoms with Gasteiger partial charge in [-0.2, -0.15) is 0 Å². The predicted molar refractivity (Wildman–Crippen MR) is 472 cm³/mol. The minimum absolute atomic E-state index is 0.00982. The fourth-order valence-corrected chi connectivity index (χ4v) is 11.5. The summed E-state index contributed by atoms with van der Waals surface area (Å²) in [7, 11) is -10.1. The van der Waals surface area contributed by atoms with Crippen LogP contribution in [-0.4, -0.2) is 96.7 Å². The lowest BCUT2D eigenvalue weighted by Gasteiger charge is -2.21. The molecule has 114 heavy (non-hydrogen) atoms. The van der Waals surface area contributed by atoms with Crippen LogP contribution in [-0.2, 0) is 65.4 Å². The minimum Gasteiger partial charge on any atom is -0.462 e. The van der Waals surface area contributed by atoms with Crippen molar-refractivity contribution in [1.29, 1.82) is 0 Å². The lowest BCUT2D eigenvalue weighted by atomic mass is 10.1. The quantitative estimate of drug-likeness (QED) is 0.0169. The van der Waals surface area contributed by atoms with Crippen LogP contribution < -0.4 is 0 Å². The van der Waals surface area contributed by atoms with Gasteiger partial charge in [0.2, 0.25) is 0 Å². The van der Waals surface area contributed by atoms with E-state index in [0.29, 0.717) is 44.9 Å². The van der Waals surface area contributed by atoms with E-state index in [4.69, 9.17) is 37.0 Å². The molecule has 5 atom stereocenters. The first-order valence-corrected chi connectivity index (χ1v) is 45.3. The van der Waals surface area contributed by atoms with Gasteiger partial charge in [0.15, 0.2) is 12.2 Å². The van der Waals surface area contributed by atoms with E-state index in [0.717, 1.165) is 135 Å².